The van der Waals surface area contributed by atoms with Gasteiger partial charge in [-0.25, -0.2) is 4.79 Å². The molecular formula is C13H12INO3. The van der Waals surface area contributed by atoms with Crippen LogP contribution in [0, 0.1) is 9.49 Å². The lowest BCUT2D eigenvalue weighted by Gasteiger charge is -2.11. The fourth-order valence-corrected chi connectivity index (χ4v) is 2.53. The summed E-state index contributed by atoms with van der Waals surface area (Å²) in [5.41, 5.74) is 0.720. The van der Waals surface area contributed by atoms with Gasteiger partial charge in [0.15, 0.2) is 0 Å². The van der Waals surface area contributed by atoms with E-state index in [0.29, 0.717) is 5.69 Å². The van der Waals surface area contributed by atoms with Crippen molar-refractivity contribution in [2.24, 2.45) is 5.92 Å². The Morgan fingerprint density at radius 1 is 1.22 bits per heavy atom. The Labute approximate surface area is 118 Å². The van der Waals surface area contributed by atoms with Crippen LogP contribution < -0.4 is 5.32 Å². The fourth-order valence-electron chi connectivity index (χ4n) is 1.86. The van der Waals surface area contributed by atoms with E-state index in [0.717, 1.165) is 16.4 Å². The molecule has 0 saturated carbocycles. The Kier molecular flexibility index (Phi) is 4.00. The number of benzene rings is 1. The molecule has 0 atom stereocenters. The number of carboxylic acids is 1. The number of nitrogens with one attached hydrogen (secondary N) is 1. The molecule has 0 fully saturated rings. The molecule has 0 spiro atoms. The van der Waals surface area contributed by atoms with Crippen LogP contribution in [0.4, 0.5) is 5.69 Å². The van der Waals surface area contributed by atoms with Crippen molar-refractivity contribution in [2.45, 2.75) is 12.8 Å². The number of carbonyl (C=O) groups is 2. The third-order valence-electron chi connectivity index (χ3n) is 2.79. The van der Waals surface area contributed by atoms with Crippen LogP contribution in [0.5, 0.6) is 0 Å². The van der Waals surface area contributed by atoms with Crippen molar-refractivity contribution in [3.8, 4) is 0 Å². The number of allylic oxidation sites excluding steroid dienone is 2. The summed E-state index contributed by atoms with van der Waals surface area (Å²) in [6, 6.07) is 4.80. The zero-order chi connectivity index (χ0) is 13.1. The summed E-state index contributed by atoms with van der Waals surface area (Å²) in [6.07, 6.45) is 5.48. The Morgan fingerprint density at radius 3 is 2.50 bits per heavy atom. The van der Waals surface area contributed by atoms with Gasteiger partial charge in [-0.2, -0.15) is 0 Å². The molecule has 0 aliphatic heterocycles. The van der Waals surface area contributed by atoms with Crippen LogP contribution in [-0.4, -0.2) is 17.0 Å². The molecule has 1 aliphatic rings. The summed E-state index contributed by atoms with van der Waals surface area (Å²) < 4.78 is 0.785. The Hall–Kier alpha value is -1.37. The summed E-state index contributed by atoms with van der Waals surface area (Å²) in [4.78, 5) is 22.8. The number of amides is 1. The zero-order valence-electron chi connectivity index (χ0n) is 9.52. The van der Waals surface area contributed by atoms with Crippen LogP contribution in [0.3, 0.4) is 0 Å². The predicted molar refractivity (Wildman–Crippen MR) is 76.6 cm³/mol. The molecule has 2 rings (SSSR count). The van der Waals surface area contributed by atoms with Gasteiger partial charge in [0, 0.05) is 15.2 Å². The Bertz CT molecular complexity index is 517. The lowest BCUT2D eigenvalue weighted by Crippen LogP contribution is -2.20. The van der Waals surface area contributed by atoms with E-state index in [1.807, 2.05) is 34.7 Å². The van der Waals surface area contributed by atoms with Crippen LogP contribution in [0.25, 0.3) is 0 Å². The topological polar surface area (TPSA) is 66.4 Å². The molecule has 18 heavy (non-hydrogen) atoms. The summed E-state index contributed by atoms with van der Waals surface area (Å²) in [6.45, 7) is 0. The van der Waals surface area contributed by atoms with Gasteiger partial charge in [-0.1, -0.05) is 12.2 Å². The third kappa shape index (κ3) is 3.10. The zero-order valence-corrected chi connectivity index (χ0v) is 11.7. The van der Waals surface area contributed by atoms with Crippen molar-refractivity contribution in [1.82, 2.24) is 0 Å². The first kappa shape index (κ1) is 13.1. The molecule has 0 bridgehead atoms. The molecule has 5 heteroatoms. The summed E-state index contributed by atoms with van der Waals surface area (Å²) in [5, 5.41) is 11.7. The first-order valence-electron chi connectivity index (χ1n) is 5.56. The van der Waals surface area contributed by atoms with Gasteiger partial charge < -0.3 is 10.4 Å². The van der Waals surface area contributed by atoms with E-state index in [4.69, 9.17) is 5.11 Å². The van der Waals surface area contributed by atoms with E-state index >= 15 is 0 Å². The highest BCUT2D eigenvalue weighted by Crippen LogP contribution is 2.22. The smallest absolute Gasteiger partial charge is 0.335 e. The van der Waals surface area contributed by atoms with Crippen LogP contribution in [0.2, 0.25) is 0 Å². The van der Waals surface area contributed by atoms with Crippen LogP contribution >= 0.6 is 22.6 Å². The summed E-state index contributed by atoms with van der Waals surface area (Å²) in [7, 11) is 0. The first-order chi connectivity index (χ1) is 8.56. The average Bonchev–Trinajstić information content (AvgIpc) is 2.81. The molecule has 0 radical (unpaired) electrons. The molecule has 0 aromatic heterocycles. The number of carbonyl (C=O) groups excluding carboxylic acids is 1. The van der Waals surface area contributed by atoms with Crippen LogP contribution in [-0.2, 0) is 4.79 Å². The van der Waals surface area contributed by atoms with Crippen LogP contribution in [0.15, 0.2) is 30.4 Å². The maximum absolute atomic E-state index is 11.9. The standard InChI is InChI=1S/C13H12INO3/c14-10-5-9(13(17)18)6-11(7-10)15-12(16)8-3-1-2-4-8/h1-2,5-8H,3-4H2,(H,15,16)(H,17,18). The molecule has 1 amide bonds. The quantitative estimate of drug-likeness (QED) is 0.646. The minimum Gasteiger partial charge on any atom is -0.478 e. The highest BCUT2D eigenvalue weighted by atomic mass is 127. The van der Waals surface area contributed by atoms with E-state index in [1.54, 1.807) is 12.1 Å². The summed E-state index contributed by atoms with van der Waals surface area (Å²) in [5.74, 6) is -1.08. The number of anilines is 1. The molecule has 0 saturated heterocycles. The van der Waals surface area contributed by atoms with Gasteiger partial charge in [0.25, 0.3) is 0 Å². The highest BCUT2D eigenvalue weighted by molar-refractivity contribution is 14.1. The molecule has 2 N–H and O–H groups in total. The largest absolute Gasteiger partial charge is 0.478 e. The number of rotatable bonds is 3. The highest BCUT2D eigenvalue weighted by Gasteiger charge is 2.19. The monoisotopic (exact) mass is 357 g/mol. The Balaban J connectivity index is 2.13. The van der Waals surface area contributed by atoms with Gasteiger partial charge in [0.1, 0.15) is 0 Å². The van der Waals surface area contributed by atoms with E-state index in [2.05, 4.69) is 5.32 Å². The third-order valence-corrected chi connectivity index (χ3v) is 3.41. The second-order valence-corrected chi connectivity index (χ2v) is 5.41. The molecule has 0 unspecified atom stereocenters. The molecule has 1 aromatic carbocycles. The number of carboxylic acid groups (broad SMARTS) is 1. The molecule has 4 nitrogen and oxygen atoms in total. The van der Waals surface area contributed by atoms with E-state index in [1.165, 1.54) is 6.07 Å². The molecule has 1 aliphatic carbocycles. The molecule has 1 aromatic rings. The average molecular weight is 357 g/mol. The maximum Gasteiger partial charge on any atom is 0.335 e. The summed E-state index contributed by atoms with van der Waals surface area (Å²) >= 11 is 2.03. The predicted octanol–water partition coefficient (Wildman–Crippen LogP) is 2.89. The lowest BCUT2D eigenvalue weighted by molar-refractivity contribution is -0.119. The normalized spacial score (nSPS) is 14.7. The van der Waals surface area contributed by atoms with Crippen LogP contribution in [0.1, 0.15) is 23.2 Å². The fraction of sp³-hybridized carbons (Fsp3) is 0.231. The van der Waals surface area contributed by atoms with E-state index in [9.17, 15) is 9.59 Å². The number of halogens is 1. The van der Waals surface area contributed by atoms with Gasteiger partial charge in [-0.3, -0.25) is 4.79 Å². The number of hydrogen-bond acceptors (Lipinski definition) is 2. The number of hydrogen-bond donors (Lipinski definition) is 2. The lowest BCUT2D eigenvalue weighted by atomic mass is 10.1. The van der Waals surface area contributed by atoms with E-state index < -0.39 is 5.97 Å². The van der Waals surface area contributed by atoms with E-state index in [-0.39, 0.29) is 17.4 Å². The minimum atomic E-state index is -0.994. The van der Waals surface area contributed by atoms with Gasteiger partial charge in [-0.15, -0.1) is 0 Å². The number of aromatic carboxylic acids is 1. The second kappa shape index (κ2) is 5.51. The second-order valence-electron chi connectivity index (χ2n) is 4.16. The van der Waals surface area contributed by atoms with Crippen molar-refractivity contribution in [2.75, 3.05) is 5.32 Å². The van der Waals surface area contributed by atoms with Crippen molar-refractivity contribution >= 4 is 40.2 Å². The van der Waals surface area contributed by atoms with Gasteiger partial charge in [0.2, 0.25) is 5.91 Å². The maximum atomic E-state index is 11.9. The van der Waals surface area contributed by atoms with Crippen molar-refractivity contribution in [3.05, 3.63) is 39.5 Å². The Morgan fingerprint density at radius 2 is 1.89 bits per heavy atom. The molecule has 0 heterocycles. The minimum absolute atomic E-state index is 0.0313. The SMILES string of the molecule is O=C(O)c1cc(I)cc(NC(=O)C2CC=CC2)c1. The molecule has 94 valence electrons. The molecular weight excluding hydrogens is 345 g/mol. The van der Waals surface area contributed by atoms with Gasteiger partial charge in [-0.05, 0) is 53.6 Å². The van der Waals surface area contributed by atoms with Gasteiger partial charge in [0.05, 0.1) is 5.56 Å². The van der Waals surface area contributed by atoms with Crippen molar-refractivity contribution < 1.29 is 14.7 Å². The first-order valence-corrected chi connectivity index (χ1v) is 6.64. The van der Waals surface area contributed by atoms with Crippen molar-refractivity contribution in [1.29, 1.82) is 0 Å². The van der Waals surface area contributed by atoms with Crippen molar-refractivity contribution in [3.63, 3.8) is 0 Å². The van der Waals surface area contributed by atoms with Gasteiger partial charge >= 0.3 is 5.97 Å².